The van der Waals surface area contributed by atoms with Gasteiger partial charge in [0, 0.05) is 25.2 Å². The number of hydrogen-bond donors (Lipinski definition) is 1. The molecule has 1 unspecified atom stereocenters. The van der Waals surface area contributed by atoms with E-state index in [1.807, 2.05) is 6.07 Å². The fourth-order valence-electron chi connectivity index (χ4n) is 3.04. The molecule has 0 radical (unpaired) electrons. The van der Waals surface area contributed by atoms with E-state index in [0.29, 0.717) is 25.7 Å². The second-order valence-electron chi connectivity index (χ2n) is 6.54. The SMILES string of the molecule is Cc1cccc(C)c1OCC(C)NC1CCN(S(C)(=O)=O)CC1. The normalized spacial score (nSPS) is 18.8. The fraction of sp³-hybridized carbons (Fsp3) is 0.647. The lowest BCUT2D eigenvalue weighted by Gasteiger charge is -2.32. The first-order valence-corrected chi connectivity index (χ1v) is 10.0. The number of benzene rings is 1. The van der Waals surface area contributed by atoms with Crippen LogP contribution in [-0.2, 0) is 10.0 Å². The van der Waals surface area contributed by atoms with Crippen molar-refractivity contribution in [2.24, 2.45) is 0 Å². The van der Waals surface area contributed by atoms with Gasteiger partial charge in [-0.25, -0.2) is 12.7 Å². The summed E-state index contributed by atoms with van der Waals surface area (Å²) in [7, 11) is -3.05. The molecule has 130 valence electrons. The molecular weight excluding hydrogens is 312 g/mol. The van der Waals surface area contributed by atoms with Crippen LogP contribution in [0.5, 0.6) is 5.75 Å². The minimum Gasteiger partial charge on any atom is -0.491 e. The van der Waals surface area contributed by atoms with Crippen LogP contribution in [0.1, 0.15) is 30.9 Å². The average molecular weight is 340 g/mol. The fourth-order valence-corrected chi connectivity index (χ4v) is 3.91. The molecule has 1 aromatic rings. The summed E-state index contributed by atoms with van der Waals surface area (Å²) < 4.78 is 30.6. The summed E-state index contributed by atoms with van der Waals surface area (Å²) in [6.45, 7) is 8.03. The number of aryl methyl sites for hydroxylation is 2. The molecule has 0 saturated carbocycles. The highest BCUT2D eigenvalue weighted by atomic mass is 32.2. The lowest BCUT2D eigenvalue weighted by molar-refractivity contribution is 0.228. The summed E-state index contributed by atoms with van der Waals surface area (Å²) in [4.78, 5) is 0. The number of nitrogens with zero attached hydrogens (tertiary/aromatic N) is 1. The van der Waals surface area contributed by atoms with Crippen LogP contribution in [0.4, 0.5) is 0 Å². The molecule has 1 atom stereocenters. The van der Waals surface area contributed by atoms with Crippen molar-refractivity contribution >= 4 is 10.0 Å². The predicted molar refractivity (Wildman–Crippen MR) is 93.4 cm³/mol. The van der Waals surface area contributed by atoms with Crippen molar-refractivity contribution in [3.05, 3.63) is 29.3 Å². The zero-order valence-electron chi connectivity index (χ0n) is 14.5. The molecule has 23 heavy (non-hydrogen) atoms. The van der Waals surface area contributed by atoms with Gasteiger partial charge in [0.05, 0.1) is 6.26 Å². The highest BCUT2D eigenvalue weighted by Gasteiger charge is 2.25. The first-order valence-electron chi connectivity index (χ1n) is 8.17. The molecule has 0 amide bonds. The third-order valence-electron chi connectivity index (χ3n) is 4.33. The van der Waals surface area contributed by atoms with Gasteiger partial charge in [0.25, 0.3) is 0 Å². The molecule has 1 fully saturated rings. The van der Waals surface area contributed by atoms with E-state index < -0.39 is 10.0 Å². The zero-order chi connectivity index (χ0) is 17.0. The van der Waals surface area contributed by atoms with Gasteiger partial charge in [0.1, 0.15) is 12.4 Å². The van der Waals surface area contributed by atoms with E-state index in [9.17, 15) is 8.42 Å². The van der Waals surface area contributed by atoms with Gasteiger partial charge in [-0.1, -0.05) is 18.2 Å². The monoisotopic (exact) mass is 340 g/mol. The average Bonchev–Trinajstić information content (AvgIpc) is 2.46. The van der Waals surface area contributed by atoms with E-state index in [2.05, 4.69) is 38.2 Å². The molecule has 6 heteroatoms. The van der Waals surface area contributed by atoms with Gasteiger partial charge >= 0.3 is 0 Å². The number of ether oxygens (including phenoxy) is 1. The first kappa shape index (κ1) is 18.2. The number of para-hydroxylation sites is 1. The van der Waals surface area contributed by atoms with Crippen molar-refractivity contribution in [2.75, 3.05) is 26.0 Å². The minimum absolute atomic E-state index is 0.226. The Morgan fingerprint density at radius 1 is 1.26 bits per heavy atom. The lowest BCUT2D eigenvalue weighted by atomic mass is 10.1. The molecule has 1 N–H and O–H groups in total. The number of hydrogen-bond acceptors (Lipinski definition) is 4. The molecule has 1 saturated heterocycles. The number of nitrogens with one attached hydrogen (secondary N) is 1. The molecule has 0 spiro atoms. The summed E-state index contributed by atoms with van der Waals surface area (Å²) in [5, 5.41) is 3.55. The van der Waals surface area contributed by atoms with Gasteiger partial charge in [-0.2, -0.15) is 0 Å². The second-order valence-corrected chi connectivity index (χ2v) is 8.52. The van der Waals surface area contributed by atoms with Crippen LogP contribution in [0.25, 0.3) is 0 Å². The molecule has 0 aliphatic carbocycles. The van der Waals surface area contributed by atoms with Gasteiger partial charge < -0.3 is 10.1 Å². The Bertz CT molecular complexity index is 602. The molecule has 5 nitrogen and oxygen atoms in total. The number of piperidine rings is 1. The molecule has 1 aliphatic heterocycles. The Hall–Kier alpha value is -1.11. The van der Waals surface area contributed by atoms with Gasteiger partial charge in [-0.15, -0.1) is 0 Å². The Kier molecular flexibility index (Phi) is 6.06. The Balaban J connectivity index is 1.79. The third kappa shape index (κ3) is 5.19. The largest absolute Gasteiger partial charge is 0.491 e. The standard InChI is InChI=1S/C17H28N2O3S/c1-13-6-5-7-14(2)17(13)22-12-15(3)18-16-8-10-19(11-9-16)23(4,20)21/h5-7,15-16,18H,8-12H2,1-4H3. The van der Waals surface area contributed by atoms with Crippen molar-refractivity contribution in [1.82, 2.24) is 9.62 Å². The van der Waals surface area contributed by atoms with E-state index >= 15 is 0 Å². The van der Waals surface area contributed by atoms with E-state index in [-0.39, 0.29) is 6.04 Å². The first-order chi connectivity index (χ1) is 10.8. The summed E-state index contributed by atoms with van der Waals surface area (Å²) >= 11 is 0. The van der Waals surface area contributed by atoms with Crippen LogP contribution in [0.2, 0.25) is 0 Å². The van der Waals surface area contributed by atoms with E-state index in [0.717, 1.165) is 29.7 Å². The molecule has 1 heterocycles. The van der Waals surface area contributed by atoms with Crippen molar-refractivity contribution in [3.63, 3.8) is 0 Å². The van der Waals surface area contributed by atoms with Gasteiger partial charge in [0.15, 0.2) is 0 Å². The van der Waals surface area contributed by atoms with Crippen molar-refractivity contribution < 1.29 is 13.2 Å². The van der Waals surface area contributed by atoms with Crippen LogP contribution in [0.3, 0.4) is 0 Å². The van der Waals surface area contributed by atoms with E-state index in [1.54, 1.807) is 4.31 Å². The molecular formula is C17H28N2O3S. The Morgan fingerprint density at radius 3 is 2.35 bits per heavy atom. The molecule has 0 aromatic heterocycles. The summed E-state index contributed by atoms with van der Waals surface area (Å²) in [5.74, 6) is 0.966. The van der Waals surface area contributed by atoms with Crippen LogP contribution < -0.4 is 10.1 Å². The van der Waals surface area contributed by atoms with Crippen molar-refractivity contribution in [3.8, 4) is 5.75 Å². The third-order valence-corrected chi connectivity index (χ3v) is 5.63. The number of sulfonamides is 1. The minimum atomic E-state index is -3.05. The summed E-state index contributed by atoms with van der Waals surface area (Å²) in [6, 6.07) is 6.73. The maximum absolute atomic E-state index is 11.5. The van der Waals surface area contributed by atoms with Crippen LogP contribution in [0.15, 0.2) is 18.2 Å². The molecule has 0 bridgehead atoms. The summed E-state index contributed by atoms with van der Waals surface area (Å²) in [6.07, 6.45) is 2.98. The van der Waals surface area contributed by atoms with Crippen LogP contribution >= 0.6 is 0 Å². The van der Waals surface area contributed by atoms with E-state index in [1.165, 1.54) is 6.26 Å². The lowest BCUT2D eigenvalue weighted by Crippen LogP contribution is -2.48. The predicted octanol–water partition coefficient (Wildman–Crippen LogP) is 2.08. The molecule has 2 rings (SSSR count). The topological polar surface area (TPSA) is 58.6 Å². The van der Waals surface area contributed by atoms with Gasteiger partial charge in [0.2, 0.25) is 10.0 Å². The highest BCUT2D eigenvalue weighted by molar-refractivity contribution is 7.88. The smallest absolute Gasteiger partial charge is 0.211 e. The maximum Gasteiger partial charge on any atom is 0.211 e. The zero-order valence-corrected chi connectivity index (χ0v) is 15.3. The quantitative estimate of drug-likeness (QED) is 0.861. The number of rotatable bonds is 6. The second kappa shape index (κ2) is 7.64. The highest BCUT2D eigenvalue weighted by Crippen LogP contribution is 2.22. The van der Waals surface area contributed by atoms with Gasteiger partial charge in [-0.05, 0) is 44.7 Å². The Labute approximate surface area is 140 Å². The van der Waals surface area contributed by atoms with Gasteiger partial charge in [-0.3, -0.25) is 0 Å². The Morgan fingerprint density at radius 2 is 1.83 bits per heavy atom. The van der Waals surface area contributed by atoms with Crippen molar-refractivity contribution in [2.45, 2.75) is 45.7 Å². The maximum atomic E-state index is 11.5. The van der Waals surface area contributed by atoms with E-state index in [4.69, 9.17) is 4.74 Å². The summed E-state index contributed by atoms with van der Waals surface area (Å²) in [5.41, 5.74) is 2.30. The van der Waals surface area contributed by atoms with Crippen LogP contribution in [-0.4, -0.2) is 50.8 Å². The molecule has 1 aromatic carbocycles. The molecule has 1 aliphatic rings. The van der Waals surface area contributed by atoms with Crippen LogP contribution in [0, 0.1) is 13.8 Å². The van der Waals surface area contributed by atoms with Crippen molar-refractivity contribution in [1.29, 1.82) is 0 Å².